The van der Waals surface area contributed by atoms with Crippen LogP contribution in [0.2, 0.25) is 0 Å². The summed E-state index contributed by atoms with van der Waals surface area (Å²) in [7, 11) is -6.00. The quantitative estimate of drug-likeness (QED) is 0.371. The number of rotatable bonds is 2. The molecule has 0 aliphatic carbocycles. The van der Waals surface area contributed by atoms with E-state index in [1.807, 2.05) is 30.3 Å². The molecule has 2 aromatic carbocycles. The van der Waals surface area contributed by atoms with E-state index in [9.17, 15) is 17.3 Å². The first-order valence-electron chi connectivity index (χ1n) is 5.55. The minimum Gasteiger partial charge on any atom is -0.448 e. The third-order valence-electron chi connectivity index (χ3n) is 2.03. The normalized spacial score (nSPS) is 10.1. The highest BCUT2D eigenvalue weighted by Gasteiger charge is 2.20. The molecule has 2 aromatic rings. The summed E-state index contributed by atoms with van der Waals surface area (Å²) in [5.41, 5.74) is 0.401. The maximum atomic E-state index is 9.75. The predicted octanol–water partition coefficient (Wildman–Crippen LogP) is 6.03. The first-order chi connectivity index (χ1) is 9.81. The van der Waals surface area contributed by atoms with E-state index in [1.54, 1.807) is 18.2 Å². The lowest BCUT2D eigenvalue weighted by atomic mass is 10.3. The van der Waals surface area contributed by atoms with Gasteiger partial charge in [-0.3, -0.25) is 0 Å². The molecule has 3 nitrogen and oxygen atoms in total. The molecule has 2 rings (SSSR count). The van der Waals surface area contributed by atoms with E-state index < -0.39 is 7.25 Å². The monoisotopic (exact) mass is 362 g/mol. The summed E-state index contributed by atoms with van der Waals surface area (Å²) < 4.78 is 45.5. The van der Waals surface area contributed by atoms with E-state index in [4.69, 9.17) is 10.1 Å². The van der Waals surface area contributed by atoms with Gasteiger partial charge in [0.2, 0.25) is 11.1 Å². The van der Waals surface area contributed by atoms with Gasteiger partial charge in [0, 0.05) is 6.07 Å². The Morgan fingerprint density at radius 1 is 0.905 bits per heavy atom. The fraction of sp³-hybridized carbons (Fsp3) is 0. The molecule has 0 aromatic heterocycles. The molecule has 0 aliphatic heterocycles. The third kappa shape index (κ3) is 6.76. The fourth-order valence-electron chi connectivity index (χ4n) is 1.27. The largest absolute Gasteiger partial charge is 0.673 e. The first-order valence-corrected chi connectivity index (χ1v) is 6.34. The van der Waals surface area contributed by atoms with Crippen LogP contribution in [0.4, 0.5) is 23.0 Å². The number of ether oxygens (including phenoxy) is 1. The Kier molecular flexibility index (Phi) is 6.18. The summed E-state index contributed by atoms with van der Waals surface area (Å²) in [5.74, 6) is 1.19. The summed E-state index contributed by atoms with van der Waals surface area (Å²) >= 11 is 3.38. The highest BCUT2D eigenvalue weighted by atomic mass is 79.9. The van der Waals surface area contributed by atoms with Crippen LogP contribution in [0.1, 0.15) is 0 Å². The predicted molar refractivity (Wildman–Crippen MR) is 75.6 cm³/mol. The number of hydrogen-bond donors (Lipinski definition) is 0. The third-order valence-corrected chi connectivity index (χ3v) is 2.68. The van der Waals surface area contributed by atoms with Crippen molar-refractivity contribution in [3.63, 3.8) is 0 Å². The lowest BCUT2D eigenvalue weighted by Gasteiger charge is -2.04. The molecule has 0 bridgehead atoms. The van der Waals surface area contributed by atoms with Gasteiger partial charge in [0.05, 0.1) is 4.47 Å². The Morgan fingerprint density at radius 3 is 1.90 bits per heavy atom. The molecular weight excluding hydrogens is 355 g/mol. The van der Waals surface area contributed by atoms with Gasteiger partial charge < -0.3 is 22.0 Å². The maximum Gasteiger partial charge on any atom is 0.673 e. The highest BCUT2D eigenvalue weighted by molar-refractivity contribution is 9.10. The molecule has 0 fully saturated rings. The van der Waals surface area contributed by atoms with Gasteiger partial charge in [0.15, 0.2) is 4.98 Å². The summed E-state index contributed by atoms with van der Waals surface area (Å²) in [6, 6.07) is 14.5. The van der Waals surface area contributed by atoms with Crippen molar-refractivity contribution in [2.24, 2.45) is 0 Å². The van der Waals surface area contributed by atoms with Gasteiger partial charge in [-0.25, -0.2) is 0 Å². The maximum absolute atomic E-state index is 9.75. The van der Waals surface area contributed by atoms with E-state index in [0.29, 0.717) is 17.2 Å². The van der Waals surface area contributed by atoms with Gasteiger partial charge in [-0.1, -0.05) is 24.3 Å². The number of hydrogen-bond acceptors (Lipinski definition) is 2. The number of halogens is 5. The van der Waals surface area contributed by atoms with Crippen LogP contribution in [0.25, 0.3) is 4.98 Å². The average molecular weight is 363 g/mol. The molecule has 0 amide bonds. The Balaban J connectivity index is 0.000000383. The van der Waals surface area contributed by atoms with Gasteiger partial charge in [-0.2, -0.15) is 0 Å². The lowest BCUT2D eigenvalue weighted by Crippen LogP contribution is -2.02. The standard InChI is InChI=1S/C12H8BrN2O.BF4/c13-9-5-1-3-7-11(9)16-12-8-4-2-6-10(12)15-14;2-1(3,4)5/h1-8H;/q+1;-1. The molecule has 0 heterocycles. The van der Waals surface area contributed by atoms with Crippen LogP contribution >= 0.6 is 15.9 Å². The second kappa shape index (κ2) is 7.64. The zero-order valence-electron chi connectivity index (χ0n) is 10.4. The van der Waals surface area contributed by atoms with E-state index in [0.717, 1.165) is 4.47 Å². The molecular formula is C12H8BBrF4N2O. The summed E-state index contributed by atoms with van der Waals surface area (Å²) in [4.78, 5) is 3.16. The molecule has 0 unspecified atom stereocenters. The highest BCUT2D eigenvalue weighted by Crippen LogP contribution is 2.34. The van der Waals surface area contributed by atoms with E-state index in [2.05, 4.69) is 20.9 Å². The van der Waals surface area contributed by atoms with Crippen LogP contribution in [0, 0.1) is 5.39 Å². The molecule has 0 atom stereocenters. The topological polar surface area (TPSA) is 37.4 Å². The van der Waals surface area contributed by atoms with Crippen molar-refractivity contribution in [3.05, 3.63) is 58.0 Å². The SMILES string of the molecule is F[B-](F)(F)F.N#[N+]c1ccccc1Oc1ccccc1Br. The van der Waals surface area contributed by atoms with Crippen LogP contribution in [0.5, 0.6) is 11.5 Å². The second-order valence-corrected chi connectivity index (χ2v) is 4.45. The second-order valence-electron chi connectivity index (χ2n) is 3.60. The van der Waals surface area contributed by atoms with E-state index in [-0.39, 0.29) is 0 Å². The number of diazo groups is 1. The van der Waals surface area contributed by atoms with Crippen LogP contribution in [-0.4, -0.2) is 7.25 Å². The van der Waals surface area contributed by atoms with Gasteiger partial charge in [0.25, 0.3) is 0 Å². The van der Waals surface area contributed by atoms with Crippen molar-refractivity contribution in [2.75, 3.05) is 0 Å². The lowest BCUT2D eigenvalue weighted by molar-refractivity contribution is 0.368. The molecule has 0 N–H and O–H groups in total. The molecule has 0 saturated carbocycles. The van der Waals surface area contributed by atoms with Crippen LogP contribution in [-0.2, 0) is 0 Å². The zero-order valence-corrected chi connectivity index (χ0v) is 12.0. The van der Waals surface area contributed by atoms with Gasteiger partial charge in [-0.15, -0.1) is 0 Å². The van der Waals surface area contributed by atoms with Gasteiger partial charge in [0.1, 0.15) is 5.75 Å². The minimum atomic E-state index is -6.00. The van der Waals surface area contributed by atoms with E-state index >= 15 is 0 Å². The Labute approximate surface area is 126 Å². The number of nitrogens with zero attached hydrogens (tertiary/aromatic N) is 2. The molecule has 0 radical (unpaired) electrons. The van der Waals surface area contributed by atoms with Crippen LogP contribution in [0.15, 0.2) is 53.0 Å². The number of para-hydroxylation sites is 2. The molecule has 0 spiro atoms. The smallest absolute Gasteiger partial charge is 0.448 e. The molecule has 9 heteroatoms. The molecule has 0 aliphatic rings. The fourth-order valence-corrected chi connectivity index (χ4v) is 1.64. The van der Waals surface area contributed by atoms with E-state index in [1.165, 1.54) is 0 Å². The zero-order chi connectivity index (χ0) is 15.9. The van der Waals surface area contributed by atoms with Crippen molar-refractivity contribution in [1.29, 1.82) is 5.39 Å². The number of benzene rings is 2. The Bertz CT molecular complexity index is 640. The van der Waals surface area contributed by atoms with Crippen molar-refractivity contribution >= 4 is 28.9 Å². The van der Waals surface area contributed by atoms with Gasteiger partial charge >= 0.3 is 12.9 Å². The molecule has 110 valence electrons. The molecule has 0 saturated heterocycles. The Hall–Kier alpha value is -2.08. The van der Waals surface area contributed by atoms with Crippen molar-refractivity contribution < 1.29 is 22.0 Å². The average Bonchev–Trinajstić information content (AvgIpc) is 2.40. The summed E-state index contributed by atoms with van der Waals surface area (Å²) in [5, 5.41) is 8.80. The van der Waals surface area contributed by atoms with Gasteiger partial charge in [-0.05, 0) is 34.1 Å². The van der Waals surface area contributed by atoms with Crippen molar-refractivity contribution in [2.45, 2.75) is 0 Å². The summed E-state index contributed by atoms with van der Waals surface area (Å²) in [6.07, 6.45) is 0. The van der Waals surface area contributed by atoms with Crippen LogP contribution in [0.3, 0.4) is 0 Å². The van der Waals surface area contributed by atoms with Crippen LogP contribution < -0.4 is 4.74 Å². The summed E-state index contributed by atoms with van der Waals surface area (Å²) in [6.45, 7) is 0. The van der Waals surface area contributed by atoms with Crippen molar-refractivity contribution in [3.8, 4) is 11.5 Å². The Morgan fingerprint density at radius 2 is 1.38 bits per heavy atom. The minimum absolute atomic E-state index is 0.401. The molecule has 21 heavy (non-hydrogen) atoms. The first kappa shape index (κ1) is 17.0. The van der Waals surface area contributed by atoms with Crippen molar-refractivity contribution in [1.82, 2.24) is 0 Å².